The topological polar surface area (TPSA) is 0 Å². The molecule has 0 amide bonds. The molecule has 1 heterocycles. The molecule has 31 heavy (non-hydrogen) atoms. The van der Waals surface area contributed by atoms with E-state index in [4.69, 9.17) is 0 Å². The Bertz CT molecular complexity index is 1280. The van der Waals surface area contributed by atoms with Crippen LogP contribution in [0.3, 0.4) is 0 Å². The number of benzene rings is 4. The normalized spacial score (nSPS) is 11.1. The standard InChI is InChI=1S/C30H22Se/c1-4-10-24(11-5-1)25-19-16-23(17-20-25)18-21-28-22-31-30(27-14-8-3-9-15-27)29(28)26-12-6-2-7-13-26/h1-22H/b21-18+. The van der Waals surface area contributed by atoms with Crippen LogP contribution in [0.25, 0.3) is 44.4 Å². The van der Waals surface area contributed by atoms with E-state index in [0.717, 1.165) is 0 Å². The summed E-state index contributed by atoms with van der Waals surface area (Å²) in [6, 6.07) is 40.9. The van der Waals surface area contributed by atoms with E-state index in [1.165, 1.54) is 43.4 Å². The van der Waals surface area contributed by atoms with Gasteiger partial charge in [0, 0.05) is 0 Å². The zero-order valence-electron chi connectivity index (χ0n) is 17.1. The number of hydrogen-bond donors (Lipinski definition) is 0. The van der Waals surface area contributed by atoms with Crippen molar-refractivity contribution < 1.29 is 0 Å². The first-order valence-corrected chi connectivity index (χ1v) is 12.3. The molecule has 4 aromatic carbocycles. The van der Waals surface area contributed by atoms with Crippen molar-refractivity contribution in [1.82, 2.24) is 0 Å². The summed E-state index contributed by atoms with van der Waals surface area (Å²) >= 11 is 0.323. The third-order valence-corrected chi connectivity index (χ3v) is 7.59. The molecule has 0 unspecified atom stereocenters. The van der Waals surface area contributed by atoms with Gasteiger partial charge in [-0.1, -0.05) is 0 Å². The van der Waals surface area contributed by atoms with Crippen LogP contribution in [-0.2, 0) is 0 Å². The van der Waals surface area contributed by atoms with Gasteiger partial charge in [0.05, 0.1) is 0 Å². The van der Waals surface area contributed by atoms with E-state index in [2.05, 4.69) is 132 Å². The molecule has 1 heteroatoms. The number of hydrogen-bond acceptors (Lipinski definition) is 0. The molecule has 0 radical (unpaired) electrons. The maximum atomic E-state index is 2.41. The molecule has 0 nitrogen and oxygen atoms in total. The quantitative estimate of drug-likeness (QED) is 0.233. The molecular formula is C30H22Se. The second-order valence-corrected chi connectivity index (χ2v) is 9.29. The first-order valence-electron chi connectivity index (χ1n) is 10.4. The van der Waals surface area contributed by atoms with Crippen LogP contribution in [-0.4, -0.2) is 14.5 Å². The summed E-state index contributed by atoms with van der Waals surface area (Å²) in [4.78, 5) is 2.41. The molecule has 0 saturated carbocycles. The van der Waals surface area contributed by atoms with Gasteiger partial charge in [-0.25, -0.2) is 0 Å². The van der Waals surface area contributed by atoms with E-state index in [0.29, 0.717) is 14.5 Å². The predicted octanol–water partition coefficient (Wildman–Crippen LogP) is 7.92. The molecule has 148 valence electrons. The van der Waals surface area contributed by atoms with E-state index < -0.39 is 0 Å². The van der Waals surface area contributed by atoms with E-state index in [1.807, 2.05) is 0 Å². The molecule has 0 aliphatic heterocycles. The molecule has 5 rings (SSSR count). The summed E-state index contributed by atoms with van der Waals surface area (Å²) in [7, 11) is 0. The predicted molar refractivity (Wildman–Crippen MR) is 135 cm³/mol. The average Bonchev–Trinajstić information content (AvgIpc) is 3.29. The van der Waals surface area contributed by atoms with Crippen LogP contribution in [0, 0.1) is 0 Å². The third-order valence-electron chi connectivity index (χ3n) is 5.39. The third kappa shape index (κ3) is 4.39. The van der Waals surface area contributed by atoms with E-state index in [9.17, 15) is 0 Å². The Morgan fingerprint density at radius 3 is 1.58 bits per heavy atom. The van der Waals surface area contributed by atoms with Gasteiger partial charge in [-0.05, 0) is 0 Å². The molecule has 1 aromatic heterocycles. The fourth-order valence-corrected chi connectivity index (χ4v) is 6.04. The minimum absolute atomic E-state index is 0.323. The van der Waals surface area contributed by atoms with E-state index in [-0.39, 0.29) is 0 Å². The second kappa shape index (κ2) is 9.18. The number of rotatable bonds is 5. The molecule has 0 fully saturated rings. The van der Waals surface area contributed by atoms with Crippen molar-refractivity contribution in [2.24, 2.45) is 0 Å². The van der Waals surface area contributed by atoms with Gasteiger partial charge >= 0.3 is 190 Å². The van der Waals surface area contributed by atoms with Crippen molar-refractivity contribution in [2.45, 2.75) is 0 Å². The van der Waals surface area contributed by atoms with Crippen molar-refractivity contribution in [3.63, 3.8) is 0 Å². The van der Waals surface area contributed by atoms with Crippen molar-refractivity contribution in [3.8, 4) is 32.3 Å². The summed E-state index contributed by atoms with van der Waals surface area (Å²) in [5, 5.41) is 0. The Morgan fingerprint density at radius 1 is 0.452 bits per heavy atom. The van der Waals surface area contributed by atoms with Gasteiger partial charge in [-0.15, -0.1) is 0 Å². The summed E-state index contributed by atoms with van der Waals surface area (Å²) in [6.45, 7) is 0. The van der Waals surface area contributed by atoms with Gasteiger partial charge < -0.3 is 0 Å². The van der Waals surface area contributed by atoms with Crippen LogP contribution in [0.15, 0.2) is 120 Å². The molecular weight excluding hydrogens is 439 g/mol. The summed E-state index contributed by atoms with van der Waals surface area (Å²) in [6.07, 6.45) is 4.51. The molecule has 0 bridgehead atoms. The fraction of sp³-hybridized carbons (Fsp3) is 0. The molecule has 0 aliphatic carbocycles. The Kier molecular flexibility index (Phi) is 5.80. The van der Waals surface area contributed by atoms with Crippen LogP contribution in [0.5, 0.6) is 0 Å². The summed E-state index contributed by atoms with van der Waals surface area (Å²) in [5.41, 5.74) is 9.01. The first-order chi connectivity index (χ1) is 15.4. The first kappa shape index (κ1) is 19.6. The zero-order chi connectivity index (χ0) is 20.9. The van der Waals surface area contributed by atoms with Gasteiger partial charge in [0.1, 0.15) is 0 Å². The molecule has 0 N–H and O–H groups in total. The molecule has 0 aliphatic rings. The van der Waals surface area contributed by atoms with Crippen LogP contribution >= 0.6 is 0 Å². The summed E-state index contributed by atoms with van der Waals surface area (Å²) in [5.74, 6) is 0. The maximum absolute atomic E-state index is 2.41. The monoisotopic (exact) mass is 462 g/mol. The van der Waals surface area contributed by atoms with E-state index >= 15 is 0 Å². The fourth-order valence-electron chi connectivity index (χ4n) is 3.80. The Hall–Kier alpha value is -3.38. The van der Waals surface area contributed by atoms with Crippen molar-refractivity contribution >= 4 is 26.7 Å². The van der Waals surface area contributed by atoms with Crippen LogP contribution < -0.4 is 0 Å². The van der Waals surface area contributed by atoms with Crippen LogP contribution in [0.1, 0.15) is 11.1 Å². The van der Waals surface area contributed by atoms with Crippen LogP contribution in [0.2, 0.25) is 0 Å². The molecule has 0 atom stereocenters. The SMILES string of the molecule is C(=C\c1c[se]c(-c2ccccc2)c1-c1ccccc1)/c1ccc(-c2ccccc2)cc1. The van der Waals surface area contributed by atoms with Gasteiger partial charge in [0.25, 0.3) is 0 Å². The van der Waals surface area contributed by atoms with Crippen molar-refractivity contribution in [2.75, 3.05) is 0 Å². The zero-order valence-corrected chi connectivity index (χ0v) is 18.8. The van der Waals surface area contributed by atoms with E-state index in [1.54, 1.807) is 0 Å². The summed E-state index contributed by atoms with van der Waals surface area (Å²) < 4.78 is 1.46. The van der Waals surface area contributed by atoms with Crippen molar-refractivity contribution in [3.05, 3.63) is 131 Å². The molecule has 0 saturated heterocycles. The molecule has 5 aromatic rings. The van der Waals surface area contributed by atoms with Gasteiger partial charge in [0.15, 0.2) is 0 Å². The Balaban J connectivity index is 1.49. The molecule has 0 spiro atoms. The second-order valence-electron chi connectivity index (χ2n) is 7.45. The van der Waals surface area contributed by atoms with Gasteiger partial charge in [-0.2, -0.15) is 0 Å². The minimum atomic E-state index is 0.323. The van der Waals surface area contributed by atoms with Gasteiger partial charge in [0.2, 0.25) is 0 Å². The van der Waals surface area contributed by atoms with Crippen molar-refractivity contribution in [1.29, 1.82) is 0 Å². The van der Waals surface area contributed by atoms with Crippen LogP contribution in [0.4, 0.5) is 0 Å². The average molecular weight is 461 g/mol. The van der Waals surface area contributed by atoms with Gasteiger partial charge in [-0.3, -0.25) is 0 Å². The Morgan fingerprint density at radius 2 is 0.968 bits per heavy atom. The Labute approximate surface area is 189 Å².